The summed E-state index contributed by atoms with van der Waals surface area (Å²) in [6, 6.07) is 49.0. The van der Waals surface area contributed by atoms with Gasteiger partial charge in [-0.05, 0) is 132 Å². The molecule has 1 heterocycles. The summed E-state index contributed by atoms with van der Waals surface area (Å²) in [5, 5.41) is 30.8. The quantitative estimate of drug-likeness (QED) is 0.0185. The van der Waals surface area contributed by atoms with Crippen LogP contribution in [-0.4, -0.2) is 38.7 Å². The minimum Gasteiger partial charge on any atom is -0.411 e. The van der Waals surface area contributed by atoms with E-state index in [0.717, 1.165) is 106 Å². The molecule has 0 spiro atoms. The van der Waals surface area contributed by atoms with E-state index in [1.807, 2.05) is 78.9 Å². The van der Waals surface area contributed by atoms with Crippen LogP contribution in [-0.2, 0) is 48.9 Å². The van der Waals surface area contributed by atoms with E-state index in [1.165, 1.54) is 13.3 Å². The molecule has 0 saturated carbocycles. The summed E-state index contributed by atoms with van der Waals surface area (Å²) >= 11 is 3.27. The molecule has 11 heteroatoms. The van der Waals surface area contributed by atoms with Crippen LogP contribution >= 0.6 is 23.5 Å². The molecule has 1 radical (unpaired) electrons. The minimum absolute atomic E-state index is 0. The number of ketones is 1. The number of fused-ring (bicyclic) bond motifs is 5. The maximum absolute atomic E-state index is 14.8. The molecule has 7 aromatic carbocycles. The van der Waals surface area contributed by atoms with E-state index in [4.69, 9.17) is 4.84 Å². The third kappa shape index (κ3) is 13.8. The zero-order valence-corrected chi connectivity index (χ0v) is 48.4. The van der Waals surface area contributed by atoms with E-state index in [0.29, 0.717) is 53.1 Å². The first-order valence-corrected chi connectivity index (χ1v) is 26.8. The van der Waals surface area contributed by atoms with Crippen molar-refractivity contribution in [3.05, 3.63) is 186 Å². The Labute approximate surface area is 471 Å². The number of nitrogens with zero attached hydrogens (tertiary/aromatic N) is 3. The summed E-state index contributed by atoms with van der Waals surface area (Å²) in [5.41, 5.74) is 8.80. The van der Waals surface area contributed by atoms with Crippen molar-refractivity contribution < 1.29 is 52.3 Å². The SMILES string of the molecule is CCCCC(CC)Cn1c2ccc(C(=N)c3ccc(Sc4ccc(/C(CC(C)C)=N/OC(C)=O)cc4)cc3)cc2c2cc(C(=O)c3ccc(Sc4ccc(/C(CC(C)C)=N/O)cc4)cc3)c3ccccc3c21.[CH3-].[Y]. The van der Waals surface area contributed by atoms with Crippen molar-refractivity contribution in [1.29, 1.82) is 5.41 Å². The molecule has 1 aromatic heterocycles. The Bertz CT molecular complexity index is 3290. The minimum atomic E-state index is -0.441. The van der Waals surface area contributed by atoms with Gasteiger partial charge < -0.3 is 22.0 Å². The summed E-state index contributed by atoms with van der Waals surface area (Å²) in [4.78, 5) is 35.4. The number of carbonyl (C=O) groups is 2. The number of carbonyl (C=O) groups excluding carboxylic acids is 2. The van der Waals surface area contributed by atoms with E-state index < -0.39 is 5.97 Å². The summed E-state index contributed by atoms with van der Waals surface area (Å²) < 4.78 is 2.48. The summed E-state index contributed by atoms with van der Waals surface area (Å²) in [5.74, 6) is 0.740. The number of hydrogen-bond acceptors (Lipinski definition) is 9. The van der Waals surface area contributed by atoms with Gasteiger partial charge in [0.05, 0.1) is 22.7 Å². The van der Waals surface area contributed by atoms with Crippen molar-refractivity contribution in [2.45, 2.75) is 113 Å². The second kappa shape index (κ2) is 26.7. The first kappa shape index (κ1) is 57.6. The molecule has 0 amide bonds. The average molecular weight is 1100 g/mol. The van der Waals surface area contributed by atoms with Crippen LogP contribution < -0.4 is 0 Å². The van der Waals surface area contributed by atoms with Crippen LogP contribution in [0.3, 0.4) is 0 Å². The molecule has 0 aliphatic heterocycles. The van der Waals surface area contributed by atoms with Crippen LogP contribution in [0.4, 0.5) is 0 Å². The van der Waals surface area contributed by atoms with E-state index >= 15 is 0 Å². The molecule has 2 N–H and O–H groups in total. The van der Waals surface area contributed by atoms with Crippen molar-refractivity contribution in [2.24, 2.45) is 28.1 Å². The van der Waals surface area contributed by atoms with E-state index in [1.54, 1.807) is 23.5 Å². The second-order valence-corrected chi connectivity index (χ2v) is 21.8. The van der Waals surface area contributed by atoms with Crippen LogP contribution in [0.5, 0.6) is 0 Å². The zero-order valence-electron chi connectivity index (χ0n) is 43.9. The molecule has 0 fully saturated rings. The molecule has 1 unspecified atom stereocenters. The number of oxime groups is 2. The van der Waals surface area contributed by atoms with Crippen LogP contribution in [0.25, 0.3) is 32.6 Å². The smallest absolute Gasteiger partial charge is 0.331 e. The summed E-state index contributed by atoms with van der Waals surface area (Å²) in [6.07, 6.45) is 5.93. The van der Waals surface area contributed by atoms with Crippen molar-refractivity contribution in [1.82, 2.24) is 4.57 Å². The largest absolute Gasteiger partial charge is 0.411 e. The third-order valence-electron chi connectivity index (χ3n) is 13.1. The summed E-state index contributed by atoms with van der Waals surface area (Å²) in [7, 11) is 0. The van der Waals surface area contributed by atoms with Gasteiger partial charge in [0.15, 0.2) is 5.78 Å². The van der Waals surface area contributed by atoms with Gasteiger partial charge in [-0.25, -0.2) is 4.79 Å². The van der Waals surface area contributed by atoms with Gasteiger partial charge in [0.1, 0.15) is 0 Å². The molecule has 0 bridgehead atoms. The van der Waals surface area contributed by atoms with Crippen LogP contribution in [0.1, 0.15) is 125 Å². The molecule has 8 aromatic rings. The van der Waals surface area contributed by atoms with Crippen LogP contribution in [0.2, 0.25) is 0 Å². The first-order chi connectivity index (χ1) is 34.8. The van der Waals surface area contributed by atoms with Gasteiger partial charge in [0, 0.05) is 110 Å². The molecule has 8 nitrogen and oxygen atoms in total. The maximum atomic E-state index is 14.8. The van der Waals surface area contributed by atoms with Gasteiger partial charge in [0.2, 0.25) is 0 Å². The van der Waals surface area contributed by atoms with Crippen molar-refractivity contribution in [3.8, 4) is 0 Å². The van der Waals surface area contributed by atoms with Gasteiger partial charge in [-0.1, -0.05) is 161 Å². The number of aromatic nitrogens is 1. The Morgan fingerprint density at radius 3 is 1.65 bits per heavy atom. The molecule has 0 aliphatic rings. The van der Waals surface area contributed by atoms with Crippen LogP contribution in [0.15, 0.2) is 175 Å². The van der Waals surface area contributed by atoms with Crippen molar-refractivity contribution in [3.63, 3.8) is 0 Å². The first-order valence-electron chi connectivity index (χ1n) is 25.2. The molecule has 1 atom stereocenters. The molecule has 8 rings (SSSR count). The Hall–Kier alpha value is -5.65. The Balaban J connectivity index is 0.00000446. The summed E-state index contributed by atoms with van der Waals surface area (Å²) in [6.45, 7) is 15.2. The maximum Gasteiger partial charge on any atom is 0.331 e. The molecule has 0 saturated heterocycles. The Morgan fingerprint density at radius 2 is 1.14 bits per heavy atom. The van der Waals surface area contributed by atoms with E-state index in [9.17, 15) is 20.2 Å². The number of nitrogens with one attached hydrogen (secondary N) is 1. The molecule has 379 valence electrons. The van der Waals surface area contributed by atoms with Gasteiger partial charge in [-0.2, -0.15) is 0 Å². The Morgan fingerprint density at radius 1 is 0.635 bits per heavy atom. The van der Waals surface area contributed by atoms with Gasteiger partial charge in [-0.3, -0.25) is 10.2 Å². The average Bonchev–Trinajstić information content (AvgIpc) is 3.70. The number of benzene rings is 7. The molecular formula is C63H67N4O4S2Y-. The zero-order chi connectivity index (χ0) is 50.9. The normalized spacial score (nSPS) is 12.3. The predicted molar refractivity (Wildman–Crippen MR) is 306 cm³/mol. The fraction of sp³-hybridized carbons (Fsp3) is 0.270. The fourth-order valence-corrected chi connectivity index (χ4v) is 11.0. The van der Waals surface area contributed by atoms with Crippen molar-refractivity contribution in [2.75, 3.05) is 0 Å². The number of rotatable bonds is 21. The predicted octanol–water partition coefficient (Wildman–Crippen LogP) is 17.1. The topological polar surface area (TPSA) is 117 Å². The standard InChI is InChI=1S/C62H64N4O4S2.CH3.Y/c1-8-10-13-42(9-2)38-66-59-33-24-47(60(63)45-20-29-50(30-21-45)71-49-27-18-44(19-28-49)58(35-40(5)6)65-70-41(7)67)36-54(59)55-37-56(52-14-11-12-15-53(52)61(55)66)62(68)46-22-31-51(32-23-46)72-48-25-16-43(17-26-48)57(64-69)34-39(3)4;;/h11-12,14-33,36-37,39-40,42,63,69H,8-10,13,34-35,38H2,1-7H3;1H3;/q;-1;/b63-60?,64-57+,65-58+;;. The number of hydrogen-bond donors (Lipinski definition) is 2. The van der Waals surface area contributed by atoms with Gasteiger partial charge in [-0.15, -0.1) is 0 Å². The van der Waals surface area contributed by atoms with Gasteiger partial charge in [0.25, 0.3) is 0 Å². The molecular weight excluding hydrogens is 1030 g/mol. The van der Waals surface area contributed by atoms with Crippen LogP contribution in [0, 0.1) is 30.6 Å². The third-order valence-corrected chi connectivity index (χ3v) is 15.1. The molecule has 74 heavy (non-hydrogen) atoms. The molecule has 0 aliphatic carbocycles. The van der Waals surface area contributed by atoms with Gasteiger partial charge >= 0.3 is 5.97 Å². The van der Waals surface area contributed by atoms with E-state index in [2.05, 4.69) is 123 Å². The van der Waals surface area contributed by atoms with Crippen molar-refractivity contribution >= 4 is 85.0 Å². The number of unbranched alkanes of at least 4 members (excludes halogenated alkanes) is 1. The Kier molecular flexibility index (Phi) is 20.8. The second-order valence-electron chi connectivity index (χ2n) is 19.5. The van der Waals surface area contributed by atoms with E-state index in [-0.39, 0.29) is 45.9 Å². The fourth-order valence-electron chi connectivity index (χ4n) is 9.38. The monoisotopic (exact) mass is 1100 g/mol.